The summed E-state index contributed by atoms with van der Waals surface area (Å²) in [7, 11) is 1.38. The third-order valence-corrected chi connectivity index (χ3v) is 2.67. The fourth-order valence-corrected chi connectivity index (χ4v) is 1.75. The zero-order chi connectivity index (χ0) is 12.8. The molecule has 1 rings (SSSR count). The molecule has 94 valence electrons. The molecule has 1 atom stereocenters. The number of ether oxygens (including phenoxy) is 1. The van der Waals surface area contributed by atoms with Crippen molar-refractivity contribution in [1.29, 1.82) is 0 Å². The lowest BCUT2D eigenvalue weighted by Gasteiger charge is -2.12. The Labute approximate surface area is 103 Å². The van der Waals surface area contributed by atoms with Crippen molar-refractivity contribution in [3.05, 3.63) is 35.4 Å². The summed E-state index contributed by atoms with van der Waals surface area (Å²) in [6.07, 6.45) is 1.28. The molecule has 1 aromatic carbocycles. The van der Waals surface area contributed by atoms with E-state index in [1.54, 1.807) is 0 Å². The molecule has 3 nitrogen and oxygen atoms in total. The summed E-state index contributed by atoms with van der Waals surface area (Å²) in [4.78, 5) is 11.1. The molecule has 0 amide bonds. The maximum atomic E-state index is 11.1. The van der Waals surface area contributed by atoms with Crippen LogP contribution in [-0.4, -0.2) is 13.1 Å². The van der Waals surface area contributed by atoms with Gasteiger partial charge in [-0.3, -0.25) is 4.79 Å². The maximum Gasteiger partial charge on any atom is 0.307 e. The van der Waals surface area contributed by atoms with Gasteiger partial charge in [0.1, 0.15) is 0 Å². The van der Waals surface area contributed by atoms with Gasteiger partial charge in [-0.05, 0) is 23.5 Å². The zero-order valence-corrected chi connectivity index (χ0v) is 10.8. The van der Waals surface area contributed by atoms with E-state index in [1.165, 1.54) is 12.7 Å². The SMILES string of the molecule is COC(=O)C[C@H](N)c1ccc(CC(C)C)cc1. The average molecular weight is 235 g/mol. The Morgan fingerprint density at radius 3 is 2.35 bits per heavy atom. The predicted molar refractivity (Wildman–Crippen MR) is 68.5 cm³/mol. The maximum absolute atomic E-state index is 11.1. The number of esters is 1. The summed E-state index contributed by atoms with van der Waals surface area (Å²) in [5.74, 6) is 0.369. The molecular formula is C14H21NO2. The van der Waals surface area contributed by atoms with Crippen LogP contribution in [0.15, 0.2) is 24.3 Å². The van der Waals surface area contributed by atoms with Crippen LogP contribution in [0.1, 0.15) is 37.4 Å². The van der Waals surface area contributed by atoms with Crippen molar-refractivity contribution in [3.63, 3.8) is 0 Å². The van der Waals surface area contributed by atoms with Crippen molar-refractivity contribution in [2.24, 2.45) is 11.7 Å². The summed E-state index contributed by atoms with van der Waals surface area (Å²) in [6.45, 7) is 4.38. The second kappa shape index (κ2) is 6.40. The fraction of sp³-hybridized carbons (Fsp3) is 0.500. The summed E-state index contributed by atoms with van der Waals surface area (Å²) < 4.78 is 4.60. The van der Waals surface area contributed by atoms with Crippen molar-refractivity contribution in [2.75, 3.05) is 7.11 Å². The van der Waals surface area contributed by atoms with Gasteiger partial charge in [0.2, 0.25) is 0 Å². The van der Waals surface area contributed by atoms with E-state index in [-0.39, 0.29) is 18.4 Å². The predicted octanol–water partition coefficient (Wildman–Crippen LogP) is 2.45. The van der Waals surface area contributed by atoms with Gasteiger partial charge in [0.05, 0.1) is 13.5 Å². The molecule has 0 saturated heterocycles. The Kier molecular flexibility index (Phi) is 5.16. The number of carbonyl (C=O) groups excluding carboxylic acids is 1. The number of carbonyl (C=O) groups is 1. The van der Waals surface area contributed by atoms with E-state index >= 15 is 0 Å². The highest BCUT2D eigenvalue weighted by molar-refractivity contribution is 5.70. The van der Waals surface area contributed by atoms with Gasteiger partial charge in [-0.2, -0.15) is 0 Å². The van der Waals surface area contributed by atoms with Crippen LogP contribution in [0.4, 0.5) is 0 Å². The summed E-state index contributed by atoms with van der Waals surface area (Å²) in [5, 5.41) is 0. The molecule has 0 aliphatic heterocycles. The number of rotatable bonds is 5. The Morgan fingerprint density at radius 2 is 1.88 bits per heavy atom. The van der Waals surface area contributed by atoms with E-state index in [2.05, 4.69) is 30.7 Å². The van der Waals surface area contributed by atoms with E-state index < -0.39 is 0 Å². The molecule has 0 unspecified atom stereocenters. The number of nitrogens with two attached hydrogens (primary N) is 1. The number of methoxy groups -OCH3 is 1. The minimum absolute atomic E-state index is 0.222. The quantitative estimate of drug-likeness (QED) is 0.797. The number of benzene rings is 1. The molecule has 0 radical (unpaired) electrons. The Morgan fingerprint density at radius 1 is 1.29 bits per heavy atom. The van der Waals surface area contributed by atoms with Crippen molar-refractivity contribution in [2.45, 2.75) is 32.7 Å². The lowest BCUT2D eigenvalue weighted by molar-refractivity contribution is -0.141. The van der Waals surface area contributed by atoms with E-state index in [9.17, 15) is 4.79 Å². The topological polar surface area (TPSA) is 52.3 Å². The largest absolute Gasteiger partial charge is 0.469 e. The van der Waals surface area contributed by atoms with Gasteiger partial charge in [-0.1, -0.05) is 38.1 Å². The van der Waals surface area contributed by atoms with Crippen LogP contribution in [-0.2, 0) is 16.0 Å². The molecule has 0 spiro atoms. The number of hydrogen-bond acceptors (Lipinski definition) is 3. The van der Waals surface area contributed by atoms with Crippen molar-refractivity contribution in [1.82, 2.24) is 0 Å². The first kappa shape index (κ1) is 13.7. The Balaban J connectivity index is 2.63. The highest BCUT2D eigenvalue weighted by Gasteiger charge is 2.11. The summed E-state index contributed by atoms with van der Waals surface area (Å²) in [5.41, 5.74) is 8.20. The number of hydrogen-bond donors (Lipinski definition) is 1. The molecule has 2 N–H and O–H groups in total. The van der Waals surface area contributed by atoms with Crippen LogP contribution in [0.2, 0.25) is 0 Å². The molecule has 0 aromatic heterocycles. The minimum atomic E-state index is -0.282. The molecule has 0 saturated carbocycles. The van der Waals surface area contributed by atoms with Gasteiger partial charge >= 0.3 is 5.97 Å². The van der Waals surface area contributed by atoms with Crippen molar-refractivity contribution >= 4 is 5.97 Å². The first-order valence-electron chi connectivity index (χ1n) is 5.94. The van der Waals surface area contributed by atoms with E-state index in [4.69, 9.17) is 5.73 Å². The average Bonchev–Trinajstić information content (AvgIpc) is 2.28. The lowest BCUT2D eigenvalue weighted by Crippen LogP contribution is -2.16. The smallest absolute Gasteiger partial charge is 0.307 e. The molecule has 1 aromatic rings. The first-order valence-corrected chi connectivity index (χ1v) is 5.94. The van der Waals surface area contributed by atoms with Gasteiger partial charge in [-0.25, -0.2) is 0 Å². The van der Waals surface area contributed by atoms with Crippen molar-refractivity contribution < 1.29 is 9.53 Å². The second-order valence-electron chi connectivity index (χ2n) is 4.73. The molecule has 0 aliphatic carbocycles. The molecule has 3 heteroatoms. The minimum Gasteiger partial charge on any atom is -0.469 e. The standard InChI is InChI=1S/C14H21NO2/c1-10(2)8-11-4-6-12(7-5-11)13(15)9-14(16)17-3/h4-7,10,13H,8-9,15H2,1-3H3/t13-/m0/s1. The third-order valence-electron chi connectivity index (χ3n) is 2.67. The van der Waals surface area contributed by atoms with Gasteiger partial charge in [-0.15, -0.1) is 0 Å². The zero-order valence-electron chi connectivity index (χ0n) is 10.8. The normalized spacial score (nSPS) is 12.5. The van der Waals surface area contributed by atoms with Crippen molar-refractivity contribution in [3.8, 4) is 0 Å². The Bertz CT molecular complexity index is 357. The first-order chi connectivity index (χ1) is 8.02. The second-order valence-corrected chi connectivity index (χ2v) is 4.73. The highest BCUT2D eigenvalue weighted by atomic mass is 16.5. The molecule has 0 heterocycles. The van der Waals surface area contributed by atoms with Gasteiger partial charge in [0.25, 0.3) is 0 Å². The van der Waals surface area contributed by atoms with Gasteiger partial charge in [0, 0.05) is 6.04 Å². The Hall–Kier alpha value is -1.35. The molecule has 0 aliphatic rings. The monoisotopic (exact) mass is 235 g/mol. The van der Waals surface area contributed by atoms with Crippen LogP contribution < -0.4 is 5.73 Å². The summed E-state index contributed by atoms with van der Waals surface area (Å²) in [6, 6.07) is 7.85. The van der Waals surface area contributed by atoms with Crippen LogP contribution >= 0.6 is 0 Å². The highest BCUT2D eigenvalue weighted by Crippen LogP contribution is 2.16. The lowest BCUT2D eigenvalue weighted by atomic mass is 9.98. The molecule has 17 heavy (non-hydrogen) atoms. The van der Waals surface area contributed by atoms with Crippen LogP contribution in [0.25, 0.3) is 0 Å². The van der Waals surface area contributed by atoms with Gasteiger partial charge < -0.3 is 10.5 Å². The van der Waals surface area contributed by atoms with Crippen LogP contribution in [0.3, 0.4) is 0 Å². The van der Waals surface area contributed by atoms with Crippen LogP contribution in [0, 0.1) is 5.92 Å². The van der Waals surface area contributed by atoms with E-state index in [0.29, 0.717) is 5.92 Å². The van der Waals surface area contributed by atoms with E-state index in [1.807, 2.05) is 12.1 Å². The van der Waals surface area contributed by atoms with Crippen LogP contribution in [0.5, 0.6) is 0 Å². The van der Waals surface area contributed by atoms with Gasteiger partial charge in [0.15, 0.2) is 0 Å². The van der Waals surface area contributed by atoms with E-state index in [0.717, 1.165) is 12.0 Å². The summed E-state index contributed by atoms with van der Waals surface area (Å²) >= 11 is 0. The fourth-order valence-electron chi connectivity index (χ4n) is 1.75. The molecule has 0 bridgehead atoms. The molecular weight excluding hydrogens is 214 g/mol. The third kappa shape index (κ3) is 4.57. The molecule has 0 fully saturated rings.